The van der Waals surface area contributed by atoms with Crippen LogP contribution in [0.2, 0.25) is 0 Å². The molecule has 1 saturated heterocycles. The number of rotatable bonds is 6. The van der Waals surface area contributed by atoms with E-state index in [2.05, 4.69) is 50.4 Å². The second-order valence-corrected chi connectivity index (χ2v) is 7.09. The maximum absolute atomic E-state index is 12.3. The van der Waals surface area contributed by atoms with E-state index in [0.717, 1.165) is 42.9 Å². The zero-order valence-electron chi connectivity index (χ0n) is 14.8. The van der Waals surface area contributed by atoms with E-state index in [0.29, 0.717) is 17.9 Å². The lowest BCUT2D eigenvalue weighted by Gasteiger charge is -2.26. The summed E-state index contributed by atoms with van der Waals surface area (Å²) in [6.07, 6.45) is 0. The highest BCUT2D eigenvalue weighted by Crippen LogP contribution is 2.25. The van der Waals surface area contributed by atoms with Gasteiger partial charge in [-0.3, -0.25) is 9.69 Å². The summed E-state index contributed by atoms with van der Waals surface area (Å²) in [6.45, 7) is 5.03. The molecular formula is C20H23BrN2O3. The Kier molecular flexibility index (Phi) is 6.66. The van der Waals surface area contributed by atoms with E-state index in [1.807, 2.05) is 0 Å². The van der Waals surface area contributed by atoms with Gasteiger partial charge in [-0.1, -0.05) is 24.3 Å². The molecule has 1 aliphatic rings. The van der Waals surface area contributed by atoms with Gasteiger partial charge in [0.2, 0.25) is 0 Å². The van der Waals surface area contributed by atoms with Gasteiger partial charge in [0.05, 0.1) is 24.8 Å². The average molecular weight is 419 g/mol. The monoisotopic (exact) mass is 418 g/mol. The van der Waals surface area contributed by atoms with Crippen LogP contribution < -0.4 is 10.1 Å². The molecule has 1 fully saturated rings. The Bertz CT molecular complexity index is 743. The Labute approximate surface area is 162 Å². The first-order valence-electron chi connectivity index (χ1n) is 8.65. The van der Waals surface area contributed by atoms with Gasteiger partial charge in [0.1, 0.15) is 5.75 Å². The van der Waals surface area contributed by atoms with Crippen molar-refractivity contribution in [2.75, 3.05) is 33.4 Å². The number of carbonyl (C=O) groups excluding carboxylic acids is 1. The molecule has 138 valence electrons. The normalized spacial score (nSPS) is 14.8. The number of ether oxygens (including phenoxy) is 2. The molecule has 0 aliphatic carbocycles. The summed E-state index contributed by atoms with van der Waals surface area (Å²) in [6, 6.07) is 13.7. The second kappa shape index (κ2) is 9.16. The summed E-state index contributed by atoms with van der Waals surface area (Å²) in [5.41, 5.74) is 2.96. The molecule has 26 heavy (non-hydrogen) atoms. The smallest absolute Gasteiger partial charge is 0.251 e. The molecule has 0 saturated carbocycles. The van der Waals surface area contributed by atoms with Crippen LogP contribution in [0.5, 0.6) is 5.75 Å². The van der Waals surface area contributed by atoms with Crippen LogP contribution in [0.15, 0.2) is 46.9 Å². The fourth-order valence-electron chi connectivity index (χ4n) is 2.87. The molecule has 5 nitrogen and oxygen atoms in total. The molecule has 0 bridgehead atoms. The van der Waals surface area contributed by atoms with Crippen molar-refractivity contribution >= 4 is 21.8 Å². The SMILES string of the molecule is COc1ccc(C(=O)NCc2ccc(CN3CCOCC3)cc2)cc1Br. The van der Waals surface area contributed by atoms with Crippen LogP contribution >= 0.6 is 15.9 Å². The molecule has 2 aromatic rings. The largest absolute Gasteiger partial charge is 0.496 e. The van der Waals surface area contributed by atoms with E-state index in [1.165, 1.54) is 5.56 Å². The number of nitrogens with zero attached hydrogens (tertiary/aromatic N) is 1. The minimum Gasteiger partial charge on any atom is -0.496 e. The van der Waals surface area contributed by atoms with Crippen LogP contribution in [-0.4, -0.2) is 44.2 Å². The van der Waals surface area contributed by atoms with Gasteiger partial charge in [-0.2, -0.15) is 0 Å². The van der Waals surface area contributed by atoms with Crippen LogP contribution in [0.4, 0.5) is 0 Å². The molecule has 0 spiro atoms. The fourth-order valence-corrected chi connectivity index (χ4v) is 3.41. The van der Waals surface area contributed by atoms with Gasteiger partial charge >= 0.3 is 0 Å². The second-order valence-electron chi connectivity index (χ2n) is 6.24. The van der Waals surface area contributed by atoms with Crippen molar-refractivity contribution in [2.45, 2.75) is 13.1 Å². The molecule has 0 radical (unpaired) electrons. The van der Waals surface area contributed by atoms with Crippen molar-refractivity contribution < 1.29 is 14.3 Å². The van der Waals surface area contributed by atoms with Gasteiger partial charge in [0.25, 0.3) is 5.91 Å². The number of benzene rings is 2. The lowest BCUT2D eigenvalue weighted by Crippen LogP contribution is -2.35. The summed E-state index contributed by atoms with van der Waals surface area (Å²) in [7, 11) is 1.60. The summed E-state index contributed by atoms with van der Waals surface area (Å²) in [5, 5.41) is 2.95. The molecule has 1 heterocycles. The quantitative estimate of drug-likeness (QED) is 0.782. The predicted molar refractivity (Wildman–Crippen MR) is 104 cm³/mol. The predicted octanol–water partition coefficient (Wildman–Crippen LogP) is 3.22. The van der Waals surface area contributed by atoms with E-state index in [4.69, 9.17) is 9.47 Å². The summed E-state index contributed by atoms with van der Waals surface area (Å²) in [5.74, 6) is 0.600. The van der Waals surface area contributed by atoms with Gasteiger partial charge in [0, 0.05) is 31.7 Å². The number of amides is 1. The highest BCUT2D eigenvalue weighted by Gasteiger charge is 2.11. The van der Waals surface area contributed by atoms with Crippen molar-refractivity contribution in [2.24, 2.45) is 0 Å². The van der Waals surface area contributed by atoms with Crippen molar-refractivity contribution in [3.8, 4) is 5.75 Å². The van der Waals surface area contributed by atoms with Crippen molar-refractivity contribution in [3.05, 3.63) is 63.6 Å². The standard InChI is InChI=1S/C20H23BrN2O3/c1-25-19-7-6-17(12-18(19)21)20(24)22-13-15-2-4-16(5-3-15)14-23-8-10-26-11-9-23/h2-7,12H,8-11,13-14H2,1H3,(H,22,24). The molecule has 6 heteroatoms. The molecule has 1 amide bonds. The zero-order chi connectivity index (χ0) is 18.4. The lowest BCUT2D eigenvalue weighted by molar-refractivity contribution is 0.0342. The molecule has 3 rings (SSSR count). The van der Waals surface area contributed by atoms with Gasteiger partial charge < -0.3 is 14.8 Å². The summed E-state index contributed by atoms with van der Waals surface area (Å²) in [4.78, 5) is 14.7. The third-order valence-corrected chi connectivity index (χ3v) is 5.02. The summed E-state index contributed by atoms with van der Waals surface area (Å²) >= 11 is 3.40. The maximum Gasteiger partial charge on any atom is 0.251 e. The first-order chi connectivity index (χ1) is 12.7. The molecule has 1 N–H and O–H groups in total. The van der Waals surface area contributed by atoms with Crippen molar-refractivity contribution in [1.82, 2.24) is 10.2 Å². The topological polar surface area (TPSA) is 50.8 Å². The third-order valence-electron chi connectivity index (χ3n) is 4.40. The molecule has 1 aliphatic heterocycles. The fraction of sp³-hybridized carbons (Fsp3) is 0.350. The average Bonchev–Trinajstić information content (AvgIpc) is 2.68. The highest BCUT2D eigenvalue weighted by molar-refractivity contribution is 9.10. The van der Waals surface area contributed by atoms with E-state index in [1.54, 1.807) is 25.3 Å². The number of hydrogen-bond donors (Lipinski definition) is 1. The molecule has 0 unspecified atom stereocenters. The summed E-state index contributed by atoms with van der Waals surface area (Å²) < 4.78 is 11.3. The van der Waals surface area contributed by atoms with Gasteiger partial charge in [-0.25, -0.2) is 0 Å². The van der Waals surface area contributed by atoms with Crippen LogP contribution in [0, 0.1) is 0 Å². The van der Waals surface area contributed by atoms with E-state index < -0.39 is 0 Å². The minimum absolute atomic E-state index is 0.106. The Balaban J connectivity index is 1.52. The van der Waals surface area contributed by atoms with E-state index >= 15 is 0 Å². The van der Waals surface area contributed by atoms with Crippen LogP contribution in [0.3, 0.4) is 0 Å². The molecule has 0 atom stereocenters. The zero-order valence-corrected chi connectivity index (χ0v) is 16.4. The maximum atomic E-state index is 12.3. The van der Waals surface area contributed by atoms with Gasteiger partial charge in [0.15, 0.2) is 0 Å². The first kappa shape index (κ1) is 18.9. The first-order valence-corrected chi connectivity index (χ1v) is 9.44. The van der Waals surface area contributed by atoms with Crippen molar-refractivity contribution in [3.63, 3.8) is 0 Å². The number of morpholine rings is 1. The number of carbonyl (C=O) groups is 1. The van der Waals surface area contributed by atoms with Crippen molar-refractivity contribution in [1.29, 1.82) is 0 Å². The Morgan fingerprint density at radius 2 is 1.85 bits per heavy atom. The molecule has 2 aromatic carbocycles. The molecule has 0 aromatic heterocycles. The Morgan fingerprint density at radius 1 is 1.15 bits per heavy atom. The van der Waals surface area contributed by atoms with E-state index in [-0.39, 0.29) is 5.91 Å². The highest BCUT2D eigenvalue weighted by atomic mass is 79.9. The van der Waals surface area contributed by atoms with Crippen LogP contribution in [0.1, 0.15) is 21.5 Å². The number of hydrogen-bond acceptors (Lipinski definition) is 4. The Morgan fingerprint density at radius 3 is 2.50 bits per heavy atom. The van der Waals surface area contributed by atoms with Crippen LogP contribution in [-0.2, 0) is 17.8 Å². The van der Waals surface area contributed by atoms with Crippen LogP contribution in [0.25, 0.3) is 0 Å². The molecular weight excluding hydrogens is 396 g/mol. The van der Waals surface area contributed by atoms with Gasteiger partial charge in [-0.15, -0.1) is 0 Å². The third kappa shape index (κ3) is 5.06. The number of halogens is 1. The number of nitrogens with one attached hydrogen (secondary N) is 1. The minimum atomic E-state index is -0.106. The Hall–Kier alpha value is -1.89. The van der Waals surface area contributed by atoms with Gasteiger partial charge in [-0.05, 0) is 45.3 Å². The number of methoxy groups -OCH3 is 1. The lowest BCUT2D eigenvalue weighted by atomic mass is 10.1. The van der Waals surface area contributed by atoms with E-state index in [9.17, 15) is 4.79 Å².